The second-order valence-electron chi connectivity index (χ2n) is 7.62. The van der Waals surface area contributed by atoms with Crippen molar-refractivity contribution in [2.24, 2.45) is 5.92 Å². The number of nitrogens with zero attached hydrogens (tertiary/aromatic N) is 1. The molecule has 2 amide bonds. The highest BCUT2D eigenvalue weighted by Gasteiger charge is 2.39. The van der Waals surface area contributed by atoms with E-state index in [0.29, 0.717) is 12.0 Å². The number of para-hydroxylation sites is 1. The van der Waals surface area contributed by atoms with Crippen LogP contribution >= 0.6 is 0 Å². The Kier molecular flexibility index (Phi) is 5.42. The highest BCUT2D eigenvalue weighted by atomic mass is 16.2. The number of aryl methyl sites for hydroxylation is 2. The zero-order valence-corrected chi connectivity index (χ0v) is 15.5. The van der Waals surface area contributed by atoms with E-state index in [-0.39, 0.29) is 24.4 Å². The third-order valence-electron chi connectivity index (χ3n) is 5.66. The number of rotatable bonds is 4. The van der Waals surface area contributed by atoms with Crippen molar-refractivity contribution in [3.63, 3.8) is 0 Å². The summed E-state index contributed by atoms with van der Waals surface area (Å²) >= 11 is 0. The standard InChI is InChI=1S/C20H29N3O2/c1-13-7-6-8-14(2)19(13)22-18(24)12-23(3)20(25)17-11-15-9-4-5-10-16(15)21-17/h6-8,15-17,21H,4-5,9-12H2,1-3H3,(H,22,24). The van der Waals surface area contributed by atoms with Crippen LogP contribution in [0.25, 0.3) is 0 Å². The van der Waals surface area contributed by atoms with Gasteiger partial charge in [-0.25, -0.2) is 0 Å². The summed E-state index contributed by atoms with van der Waals surface area (Å²) in [6.45, 7) is 4.03. The molecule has 1 aliphatic carbocycles. The average molecular weight is 343 g/mol. The Morgan fingerprint density at radius 3 is 2.56 bits per heavy atom. The fourth-order valence-electron chi connectivity index (χ4n) is 4.26. The Balaban J connectivity index is 1.55. The van der Waals surface area contributed by atoms with E-state index in [0.717, 1.165) is 23.2 Å². The number of nitrogens with one attached hydrogen (secondary N) is 2. The molecule has 5 nitrogen and oxygen atoms in total. The van der Waals surface area contributed by atoms with E-state index in [1.807, 2.05) is 32.0 Å². The molecule has 1 heterocycles. The minimum Gasteiger partial charge on any atom is -0.335 e. The maximum absolute atomic E-state index is 12.7. The fraction of sp³-hybridized carbons (Fsp3) is 0.600. The maximum atomic E-state index is 12.7. The molecular weight excluding hydrogens is 314 g/mol. The second-order valence-corrected chi connectivity index (χ2v) is 7.62. The minimum absolute atomic E-state index is 0.0334. The number of carbonyl (C=O) groups excluding carboxylic acids is 2. The molecule has 1 aromatic rings. The van der Waals surface area contributed by atoms with E-state index in [1.165, 1.54) is 25.7 Å². The lowest BCUT2D eigenvalue weighted by molar-refractivity contribution is -0.134. The zero-order chi connectivity index (χ0) is 18.0. The topological polar surface area (TPSA) is 61.4 Å². The summed E-state index contributed by atoms with van der Waals surface area (Å²) in [5, 5.41) is 6.44. The van der Waals surface area contributed by atoms with Gasteiger partial charge in [0.2, 0.25) is 11.8 Å². The van der Waals surface area contributed by atoms with Crippen LogP contribution in [0.1, 0.15) is 43.2 Å². The second kappa shape index (κ2) is 7.56. The molecule has 0 spiro atoms. The average Bonchev–Trinajstić information content (AvgIpc) is 3.01. The first-order valence-electron chi connectivity index (χ1n) is 9.33. The van der Waals surface area contributed by atoms with Crippen molar-refractivity contribution in [3.8, 4) is 0 Å². The van der Waals surface area contributed by atoms with Crippen molar-refractivity contribution < 1.29 is 9.59 Å². The molecule has 0 radical (unpaired) electrons. The highest BCUT2D eigenvalue weighted by Crippen LogP contribution is 2.33. The van der Waals surface area contributed by atoms with Crippen molar-refractivity contribution >= 4 is 17.5 Å². The highest BCUT2D eigenvalue weighted by molar-refractivity contribution is 5.96. The number of anilines is 1. The molecule has 2 N–H and O–H groups in total. The molecule has 1 saturated heterocycles. The van der Waals surface area contributed by atoms with Gasteiger partial charge in [-0.1, -0.05) is 31.0 Å². The maximum Gasteiger partial charge on any atom is 0.243 e. The van der Waals surface area contributed by atoms with Crippen LogP contribution in [0.4, 0.5) is 5.69 Å². The van der Waals surface area contributed by atoms with Crippen LogP contribution in [0.15, 0.2) is 18.2 Å². The van der Waals surface area contributed by atoms with Gasteiger partial charge in [-0.3, -0.25) is 9.59 Å². The molecule has 5 heteroatoms. The number of fused-ring (bicyclic) bond motifs is 1. The molecule has 0 aromatic heterocycles. The molecule has 3 rings (SSSR count). The van der Waals surface area contributed by atoms with Gasteiger partial charge in [0, 0.05) is 18.8 Å². The quantitative estimate of drug-likeness (QED) is 0.883. The number of carbonyl (C=O) groups is 2. The SMILES string of the molecule is Cc1cccc(C)c1NC(=O)CN(C)C(=O)C1CC2CCCCC2N1. The third-order valence-corrected chi connectivity index (χ3v) is 5.66. The number of hydrogen-bond acceptors (Lipinski definition) is 3. The van der Waals surface area contributed by atoms with E-state index in [9.17, 15) is 9.59 Å². The summed E-state index contributed by atoms with van der Waals surface area (Å²) in [5.74, 6) is 0.509. The van der Waals surface area contributed by atoms with Gasteiger partial charge in [0.05, 0.1) is 12.6 Å². The fourth-order valence-corrected chi connectivity index (χ4v) is 4.26. The normalized spacial score (nSPS) is 25.3. The predicted molar refractivity (Wildman–Crippen MR) is 99.5 cm³/mol. The Labute approximate surface area is 150 Å². The third kappa shape index (κ3) is 4.03. The first-order chi connectivity index (χ1) is 12.0. The summed E-state index contributed by atoms with van der Waals surface area (Å²) < 4.78 is 0. The molecule has 2 aliphatic rings. The Morgan fingerprint density at radius 2 is 1.88 bits per heavy atom. The van der Waals surface area contributed by atoms with Crippen LogP contribution in [-0.4, -0.2) is 42.4 Å². The zero-order valence-electron chi connectivity index (χ0n) is 15.5. The van der Waals surface area contributed by atoms with Gasteiger partial charge in [0.25, 0.3) is 0 Å². The van der Waals surface area contributed by atoms with Crippen molar-refractivity contribution in [1.29, 1.82) is 0 Å². The summed E-state index contributed by atoms with van der Waals surface area (Å²) in [6, 6.07) is 6.27. The van der Waals surface area contributed by atoms with Crippen LogP contribution in [0, 0.1) is 19.8 Å². The van der Waals surface area contributed by atoms with Gasteiger partial charge < -0.3 is 15.5 Å². The number of likely N-dealkylation sites (N-methyl/N-ethyl adjacent to an activating group) is 1. The largest absolute Gasteiger partial charge is 0.335 e. The number of hydrogen-bond donors (Lipinski definition) is 2. The Bertz CT molecular complexity index is 624. The lowest BCUT2D eigenvalue weighted by atomic mass is 9.85. The van der Waals surface area contributed by atoms with Crippen LogP contribution in [0.5, 0.6) is 0 Å². The lowest BCUT2D eigenvalue weighted by Crippen LogP contribution is -2.46. The Hall–Kier alpha value is -1.88. The molecule has 1 aromatic carbocycles. The molecule has 2 fully saturated rings. The van der Waals surface area contributed by atoms with E-state index >= 15 is 0 Å². The number of benzene rings is 1. The van der Waals surface area contributed by atoms with Gasteiger partial charge >= 0.3 is 0 Å². The molecule has 25 heavy (non-hydrogen) atoms. The van der Waals surface area contributed by atoms with Crippen molar-refractivity contribution in [1.82, 2.24) is 10.2 Å². The molecule has 3 unspecified atom stereocenters. The molecule has 136 valence electrons. The van der Waals surface area contributed by atoms with Crippen LogP contribution in [0.3, 0.4) is 0 Å². The molecule has 0 bridgehead atoms. The van der Waals surface area contributed by atoms with Gasteiger partial charge in [-0.2, -0.15) is 0 Å². The molecule has 1 saturated carbocycles. The lowest BCUT2D eigenvalue weighted by Gasteiger charge is -2.24. The first kappa shape index (κ1) is 17.9. The molecular formula is C20H29N3O2. The summed E-state index contributed by atoms with van der Waals surface area (Å²) in [6.07, 6.45) is 5.83. The van der Waals surface area contributed by atoms with Gasteiger partial charge in [0.15, 0.2) is 0 Å². The van der Waals surface area contributed by atoms with Crippen LogP contribution in [0.2, 0.25) is 0 Å². The van der Waals surface area contributed by atoms with Crippen LogP contribution < -0.4 is 10.6 Å². The predicted octanol–water partition coefficient (Wildman–Crippen LogP) is 2.62. The Morgan fingerprint density at radius 1 is 1.20 bits per heavy atom. The van der Waals surface area contributed by atoms with Gasteiger partial charge in [-0.05, 0) is 50.2 Å². The summed E-state index contributed by atoms with van der Waals surface area (Å²) in [7, 11) is 1.72. The molecule has 3 atom stereocenters. The van der Waals surface area contributed by atoms with E-state index in [1.54, 1.807) is 11.9 Å². The monoisotopic (exact) mass is 343 g/mol. The first-order valence-corrected chi connectivity index (χ1v) is 9.33. The van der Waals surface area contributed by atoms with Crippen LogP contribution in [-0.2, 0) is 9.59 Å². The van der Waals surface area contributed by atoms with Crippen molar-refractivity contribution in [2.75, 3.05) is 18.9 Å². The summed E-state index contributed by atoms with van der Waals surface area (Å²) in [5.41, 5.74) is 2.91. The van der Waals surface area contributed by atoms with Gasteiger partial charge in [-0.15, -0.1) is 0 Å². The van der Waals surface area contributed by atoms with E-state index < -0.39 is 0 Å². The van der Waals surface area contributed by atoms with Gasteiger partial charge in [0.1, 0.15) is 0 Å². The number of amides is 2. The van der Waals surface area contributed by atoms with Crippen molar-refractivity contribution in [2.45, 2.75) is 58.0 Å². The van der Waals surface area contributed by atoms with E-state index in [4.69, 9.17) is 0 Å². The van der Waals surface area contributed by atoms with E-state index in [2.05, 4.69) is 10.6 Å². The molecule has 1 aliphatic heterocycles. The minimum atomic E-state index is -0.149. The smallest absolute Gasteiger partial charge is 0.243 e. The van der Waals surface area contributed by atoms with Crippen molar-refractivity contribution in [3.05, 3.63) is 29.3 Å². The summed E-state index contributed by atoms with van der Waals surface area (Å²) in [4.78, 5) is 26.6.